The summed E-state index contributed by atoms with van der Waals surface area (Å²) >= 11 is 0. The Bertz CT molecular complexity index is 1310. The molecule has 0 unspecified atom stereocenters. The van der Waals surface area contributed by atoms with Crippen molar-refractivity contribution >= 4 is 17.7 Å². The highest BCUT2D eigenvalue weighted by molar-refractivity contribution is 6.05. The second-order valence-corrected chi connectivity index (χ2v) is 8.32. The average Bonchev–Trinajstić information content (AvgIpc) is 3.26. The first-order valence-electron chi connectivity index (χ1n) is 13.1. The molecular formula is C25H26FN3O5. The minimum atomic E-state index is -1.96. The Morgan fingerprint density at radius 2 is 2.06 bits per heavy atom. The van der Waals surface area contributed by atoms with E-state index in [0.29, 0.717) is 31.9 Å². The van der Waals surface area contributed by atoms with E-state index < -0.39 is 42.2 Å². The van der Waals surface area contributed by atoms with Gasteiger partial charge in [-0.1, -0.05) is 18.2 Å². The number of hydrogen-bond donors (Lipinski definition) is 1. The zero-order valence-corrected chi connectivity index (χ0v) is 18.4. The van der Waals surface area contributed by atoms with Gasteiger partial charge in [-0.25, -0.2) is 4.39 Å². The number of imide groups is 1. The van der Waals surface area contributed by atoms with Crippen LogP contribution in [0.2, 0.25) is 0 Å². The fourth-order valence-electron chi connectivity index (χ4n) is 4.28. The quantitative estimate of drug-likeness (QED) is 0.649. The first kappa shape index (κ1) is 18.1. The summed E-state index contributed by atoms with van der Waals surface area (Å²) in [5, 5.41) is 2.11. The Morgan fingerprint density at radius 1 is 1.24 bits per heavy atom. The maximum absolute atomic E-state index is 15.3. The summed E-state index contributed by atoms with van der Waals surface area (Å²) in [6, 6.07) is 1.60. The fourth-order valence-corrected chi connectivity index (χ4v) is 4.28. The third-order valence-corrected chi connectivity index (χ3v) is 6.10. The van der Waals surface area contributed by atoms with Crippen LogP contribution in [0, 0.1) is 5.82 Å². The van der Waals surface area contributed by atoms with Crippen LogP contribution in [0.5, 0.6) is 5.75 Å². The first-order valence-corrected chi connectivity index (χ1v) is 11.1. The van der Waals surface area contributed by atoms with Gasteiger partial charge in [-0.05, 0) is 30.2 Å². The number of morpholine rings is 1. The van der Waals surface area contributed by atoms with E-state index in [9.17, 15) is 14.4 Å². The number of carbonyl (C=O) groups excluding carboxylic acids is 3. The SMILES string of the molecule is [2H]c1c([2H])c(COc2cccc3c2CN([C@]2([2H])CCC(=O)NC2=O)C3=O)c(F)c([2H])c1CN1CCOCC1. The molecule has 0 bridgehead atoms. The number of nitrogens with one attached hydrogen (secondary N) is 1. The lowest BCUT2D eigenvalue weighted by Crippen LogP contribution is -2.52. The molecule has 8 nitrogen and oxygen atoms in total. The van der Waals surface area contributed by atoms with Crippen LogP contribution in [0.4, 0.5) is 4.39 Å². The number of benzene rings is 2. The van der Waals surface area contributed by atoms with Crippen molar-refractivity contribution in [1.29, 1.82) is 0 Å². The molecule has 1 N–H and O–H groups in total. The summed E-state index contributed by atoms with van der Waals surface area (Å²) in [6.07, 6.45) is -0.215. The zero-order valence-electron chi connectivity index (χ0n) is 22.4. The normalized spacial score (nSPS) is 24.7. The summed E-state index contributed by atoms with van der Waals surface area (Å²) in [7, 11) is 0. The largest absolute Gasteiger partial charge is 0.488 e. The highest BCUT2D eigenvalue weighted by atomic mass is 19.1. The van der Waals surface area contributed by atoms with Crippen LogP contribution in [0.3, 0.4) is 0 Å². The number of rotatable bonds is 6. The number of piperidine rings is 1. The molecule has 2 aromatic rings. The van der Waals surface area contributed by atoms with E-state index in [4.69, 9.17) is 15.0 Å². The van der Waals surface area contributed by atoms with Gasteiger partial charge in [0.1, 0.15) is 24.2 Å². The molecule has 1 atom stereocenters. The molecule has 5 rings (SSSR count). The minimum absolute atomic E-state index is 0.0727. The van der Waals surface area contributed by atoms with Crippen LogP contribution in [0.15, 0.2) is 36.3 Å². The summed E-state index contributed by atoms with van der Waals surface area (Å²) < 4.78 is 60.0. The third kappa shape index (κ3) is 4.53. The van der Waals surface area contributed by atoms with Crippen LogP contribution in [-0.2, 0) is 34.0 Å². The van der Waals surface area contributed by atoms with Gasteiger partial charge in [-0.3, -0.25) is 24.6 Å². The Kier molecular flexibility index (Phi) is 5.06. The van der Waals surface area contributed by atoms with E-state index in [1.807, 2.05) is 4.90 Å². The van der Waals surface area contributed by atoms with Crippen LogP contribution < -0.4 is 10.1 Å². The van der Waals surface area contributed by atoms with Gasteiger partial charge in [0.15, 0.2) is 0 Å². The van der Waals surface area contributed by atoms with Crippen LogP contribution in [-0.4, -0.2) is 59.8 Å². The molecule has 0 saturated carbocycles. The van der Waals surface area contributed by atoms with E-state index in [1.54, 1.807) is 12.1 Å². The lowest BCUT2D eigenvalue weighted by atomic mass is 10.0. The van der Waals surface area contributed by atoms with E-state index in [2.05, 4.69) is 5.32 Å². The molecule has 9 heteroatoms. The molecule has 0 aliphatic carbocycles. The lowest BCUT2D eigenvalue weighted by molar-refractivity contribution is -0.136. The third-order valence-electron chi connectivity index (χ3n) is 6.10. The van der Waals surface area contributed by atoms with Gasteiger partial charge in [-0.15, -0.1) is 0 Å². The predicted octanol–water partition coefficient (Wildman–Crippen LogP) is 2.00. The average molecular weight is 472 g/mol. The smallest absolute Gasteiger partial charge is 0.255 e. The van der Waals surface area contributed by atoms with Gasteiger partial charge in [0.2, 0.25) is 11.8 Å². The zero-order chi connectivity index (χ0) is 27.2. The Balaban J connectivity index is 1.37. The number of ether oxygens (including phenoxy) is 2. The monoisotopic (exact) mass is 471 g/mol. The molecule has 0 radical (unpaired) electrons. The van der Waals surface area contributed by atoms with Gasteiger partial charge in [0, 0.05) is 42.7 Å². The van der Waals surface area contributed by atoms with Crippen molar-refractivity contribution in [2.75, 3.05) is 26.3 Å². The number of halogens is 1. The van der Waals surface area contributed by atoms with Crippen molar-refractivity contribution in [3.05, 3.63) is 64.4 Å². The van der Waals surface area contributed by atoms with E-state index in [-0.39, 0.29) is 60.5 Å². The van der Waals surface area contributed by atoms with Crippen LogP contribution >= 0.6 is 0 Å². The molecule has 2 aromatic carbocycles. The highest BCUT2D eigenvalue weighted by Gasteiger charge is 2.40. The standard InChI is InChI=1S/C25H26FN3O5/c26-20-12-16(13-28-8-10-33-11-9-28)4-5-17(20)15-34-22-3-1-2-18-19(22)14-29(25(18)32)21-6-7-23(30)27-24(21)31/h1-5,12,21H,6-11,13-15H2,(H,27,30,31)/t21-/m1/s1/i4D,5D,12D,21D. The van der Waals surface area contributed by atoms with Gasteiger partial charge in [-0.2, -0.15) is 0 Å². The van der Waals surface area contributed by atoms with Crippen molar-refractivity contribution < 1.29 is 33.7 Å². The maximum Gasteiger partial charge on any atom is 0.255 e. The molecule has 3 amide bonds. The molecule has 34 heavy (non-hydrogen) atoms. The molecule has 3 aliphatic rings. The molecule has 2 fully saturated rings. The van der Waals surface area contributed by atoms with Crippen molar-refractivity contribution in [2.45, 2.75) is 38.6 Å². The maximum atomic E-state index is 15.3. The van der Waals surface area contributed by atoms with E-state index in [1.165, 1.54) is 6.07 Å². The van der Waals surface area contributed by atoms with Gasteiger partial charge < -0.3 is 14.4 Å². The summed E-state index contributed by atoms with van der Waals surface area (Å²) in [5.41, 5.74) is 0.493. The van der Waals surface area contributed by atoms with Gasteiger partial charge >= 0.3 is 0 Å². The van der Waals surface area contributed by atoms with E-state index in [0.717, 1.165) is 4.90 Å². The van der Waals surface area contributed by atoms with Crippen LogP contribution in [0.25, 0.3) is 0 Å². The number of carbonyl (C=O) groups is 3. The van der Waals surface area contributed by atoms with Gasteiger partial charge in [0.05, 0.1) is 25.2 Å². The van der Waals surface area contributed by atoms with Crippen molar-refractivity contribution in [3.63, 3.8) is 0 Å². The molecule has 0 aromatic heterocycles. The van der Waals surface area contributed by atoms with Crippen molar-refractivity contribution in [1.82, 2.24) is 15.1 Å². The molecule has 0 spiro atoms. The number of amides is 3. The minimum Gasteiger partial charge on any atom is -0.488 e. The summed E-state index contributed by atoms with van der Waals surface area (Å²) in [5.74, 6) is -2.68. The molecule has 3 heterocycles. The predicted molar refractivity (Wildman–Crippen MR) is 119 cm³/mol. The lowest BCUT2D eigenvalue weighted by Gasteiger charge is -2.29. The summed E-state index contributed by atoms with van der Waals surface area (Å²) in [4.78, 5) is 40.1. The van der Waals surface area contributed by atoms with E-state index >= 15 is 4.39 Å². The first-order chi connectivity index (χ1) is 18.1. The number of hydrogen-bond acceptors (Lipinski definition) is 6. The number of nitrogens with zero attached hydrogens (tertiary/aromatic N) is 2. The summed E-state index contributed by atoms with van der Waals surface area (Å²) in [6.45, 7) is 1.78. The van der Waals surface area contributed by atoms with Crippen LogP contribution in [0.1, 0.15) is 45.4 Å². The Labute approximate surface area is 202 Å². The molecule has 178 valence electrons. The van der Waals surface area contributed by atoms with Gasteiger partial charge in [0.25, 0.3) is 5.91 Å². The topological polar surface area (TPSA) is 88.2 Å². The molecule has 3 aliphatic heterocycles. The second-order valence-electron chi connectivity index (χ2n) is 8.32. The second kappa shape index (κ2) is 9.52. The fraction of sp³-hybridized carbons (Fsp3) is 0.400. The highest BCUT2D eigenvalue weighted by Crippen LogP contribution is 2.34. The molecule has 2 saturated heterocycles. The number of fused-ring (bicyclic) bond motifs is 1. The molecular weight excluding hydrogens is 441 g/mol. The Hall–Kier alpha value is -3.30. The van der Waals surface area contributed by atoms with Crippen molar-refractivity contribution in [2.24, 2.45) is 0 Å². The van der Waals surface area contributed by atoms with Crippen molar-refractivity contribution in [3.8, 4) is 5.75 Å². The Morgan fingerprint density at radius 3 is 2.85 bits per heavy atom.